The van der Waals surface area contributed by atoms with E-state index in [0.717, 1.165) is 42.6 Å². The van der Waals surface area contributed by atoms with Crippen molar-refractivity contribution in [2.45, 2.75) is 33.6 Å². The molecule has 0 fully saturated rings. The van der Waals surface area contributed by atoms with E-state index in [9.17, 15) is 0 Å². The minimum Gasteiger partial charge on any atom is -0.380 e. The molecule has 0 spiro atoms. The normalized spacial score (nSPS) is 10.4. The van der Waals surface area contributed by atoms with Gasteiger partial charge in [0.2, 0.25) is 0 Å². The van der Waals surface area contributed by atoms with Crippen LogP contribution in [-0.4, -0.2) is 36.8 Å². The number of aryl methyl sites for hydroxylation is 1. The molecule has 0 radical (unpaired) electrons. The monoisotopic (exact) mass is 252 g/mol. The lowest BCUT2D eigenvalue weighted by Gasteiger charge is -2.12. The molecule has 0 aromatic carbocycles. The molecule has 5 heteroatoms. The summed E-state index contributed by atoms with van der Waals surface area (Å²) in [4.78, 5) is 8.72. The van der Waals surface area contributed by atoms with Crippen molar-refractivity contribution < 1.29 is 4.74 Å². The summed E-state index contributed by atoms with van der Waals surface area (Å²) in [7, 11) is 1.87. The summed E-state index contributed by atoms with van der Waals surface area (Å²) in [6.07, 6.45) is 2.29. The zero-order valence-corrected chi connectivity index (χ0v) is 11.8. The Morgan fingerprint density at radius 3 is 2.50 bits per heavy atom. The number of unbranched alkanes of at least 4 members (excludes halogenated alkanes) is 1. The third kappa shape index (κ3) is 4.49. The van der Waals surface area contributed by atoms with Crippen LogP contribution in [0.15, 0.2) is 0 Å². The van der Waals surface area contributed by atoms with Gasteiger partial charge in [-0.25, -0.2) is 9.97 Å². The van der Waals surface area contributed by atoms with E-state index in [1.54, 1.807) is 0 Å². The average molecular weight is 252 g/mol. The number of anilines is 2. The largest absolute Gasteiger partial charge is 0.380 e. The molecule has 0 unspecified atom stereocenters. The number of hydrogen-bond donors (Lipinski definition) is 2. The molecule has 102 valence electrons. The van der Waals surface area contributed by atoms with Crippen molar-refractivity contribution >= 4 is 11.6 Å². The van der Waals surface area contributed by atoms with Crippen molar-refractivity contribution in [1.29, 1.82) is 0 Å². The van der Waals surface area contributed by atoms with E-state index in [1.807, 2.05) is 20.9 Å². The second-order valence-electron chi connectivity index (χ2n) is 4.24. The van der Waals surface area contributed by atoms with Crippen LogP contribution in [-0.2, 0) is 4.74 Å². The molecule has 1 aromatic heterocycles. The summed E-state index contributed by atoms with van der Waals surface area (Å²) in [5, 5.41) is 6.36. The van der Waals surface area contributed by atoms with E-state index in [1.165, 1.54) is 6.42 Å². The summed E-state index contributed by atoms with van der Waals surface area (Å²) in [5.41, 5.74) is 1.04. The van der Waals surface area contributed by atoms with Gasteiger partial charge in [0.25, 0.3) is 0 Å². The van der Waals surface area contributed by atoms with Crippen LogP contribution >= 0.6 is 0 Å². The Bertz CT molecular complexity index is 368. The Hall–Kier alpha value is -1.36. The number of nitrogens with zero attached hydrogens (tertiary/aromatic N) is 2. The third-order valence-electron chi connectivity index (χ3n) is 2.68. The summed E-state index contributed by atoms with van der Waals surface area (Å²) in [5.74, 6) is 2.52. The van der Waals surface area contributed by atoms with Gasteiger partial charge < -0.3 is 15.4 Å². The van der Waals surface area contributed by atoms with E-state index < -0.39 is 0 Å². The molecule has 0 aliphatic carbocycles. The Labute approximate surface area is 109 Å². The van der Waals surface area contributed by atoms with E-state index >= 15 is 0 Å². The molecule has 0 saturated carbocycles. The van der Waals surface area contributed by atoms with Gasteiger partial charge in [-0.05, 0) is 20.3 Å². The summed E-state index contributed by atoms with van der Waals surface area (Å²) >= 11 is 0. The summed E-state index contributed by atoms with van der Waals surface area (Å²) in [6, 6.07) is 0. The number of hydrogen-bond acceptors (Lipinski definition) is 5. The van der Waals surface area contributed by atoms with Crippen LogP contribution in [0.4, 0.5) is 11.6 Å². The molecule has 18 heavy (non-hydrogen) atoms. The topological polar surface area (TPSA) is 59.1 Å². The third-order valence-corrected chi connectivity index (χ3v) is 2.68. The van der Waals surface area contributed by atoms with Gasteiger partial charge in [0.05, 0.1) is 6.61 Å². The lowest BCUT2D eigenvalue weighted by Crippen LogP contribution is -2.13. The van der Waals surface area contributed by atoms with Gasteiger partial charge in [0.15, 0.2) is 0 Å². The Morgan fingerprint density at radius 2 is 1.83 bits per heavy atom. The minimum absolute atomic E-state index is 0.706. The zero-order valence-electron chi connectivity index (χ0n) is 11.8. The van der Waals surface area contributed by atoms with E-state index in [4.69, 9.17) is 4.74 Å². The molecule has 2 N–H and O–H groups in total. The van der Waals surface area contributed by atoms with Crippen molar-refractivity contribution in [1.82, 2.24) is 9.97 Å². The van der Waals surface area contributed by atoms with Gasteiger partial charge in [-0.2, -0.15) is 0 Å². The molecule has 1 aromatic rings. The molecule has 1 heterocycles. The minimum atomic E-state index is 0.706. The SMILES string of the molecule is CCCCOCCNc1nc(C)nc(NC)c1C. The molecular weight excluding hydrogens is 228 g/mol. The van der Waals surface area contributed by atoms with Gasteiger partial charge >= 0.3 is 0 Å². The molecule has 0 atom stereocenters. The first-order valence-corrected chi connectivity index (χ1v) is 6.53. The molecule has 5 nitrogen and oxygen atoms in total. The van der Waals surface area contributed by atoms with Gasteiger partial charge in [0, 0.05) is 25.8 Å². The second kappa shape index (κ2) is 7.87. The van der Waals surface area contributed by atoms with Crippen molar-refractivity contribution in [2.75, 3.05) is 37.4 Å². The highest BCUT2D eigenvalue weighted by Gasteiger charge is 2.06. The van der Waals surface area contributed by atoms with Crippen LogP contribution in [0.25, 0.3) is 0 Å². The quantitative estimate of drug-likeness (QED) is 0.696. The standard InChI is InChI=1S/C13H24N4O/c1-5-6-8-18-9-7-15-13-10(2)12(14-4)16-11(3)17-13/h5-9H2,1-4H3,(H2,14,15,16,17). The summed E-state index contributed by atoms with van der Waals surface area (Å²) < 4.78 is 5.50. The van der Waals surface area contributed by atoms with Crippen LogP contribution in [0, 0.1) is 13.8 Å². The first-order chi connectivity index (χ1) is 8.69. The molecule has 0 aliphatic heterocycles. The highest BCUT2D eigenvalue weighted by molar-refractivity contribution is 5.56. The lowest BCUT2D eigenvalue weighted by molar-refractivity contribution is 0.141. The molecule has 0 aliphatic rings. The molecular formula is C13H24N4O. The van der Waals surface area contributed by atoms with Crippen molar-refractivity contribution in [2.24, 2.45) is 0 Å². The van der Waals surface area contributed by atoms with E-state index in [0.29, 0.717) is 6.61 Å². The Balaban J connectivity index is 2.44. The number of aromatic nitrogens is 2. The zero-order chi connectivity index (χ0) is 13.4. The molecule has 0 amide bonds. The average Bonchev–Trinajstić information content (AvgIpc) is 2.37. The van der Waals surface area contributed by atoms with Gasteiger partial charge in [-0.15, -0.1) is 0 Å². The van der Waals surface area contributed by atoms with Gasteiger partial charge in [-0.3, -0.25) is 0 Å². The molecule has 0 bridgehead atoms. The molecule has 0 saturated heterocycles. The highest BCUT2D eigenvalue weighted by Crippen LogP contribution is 2.18. The van der Waals surface area contributed by atoms with E-state index in [-0.39, 0.29) is 0 Å². The van der Waals surface area contributed by atoms with Crippen LogP contribution in [0.3, 0.4) is 0 Å². The fourth-order valence-electron chi connectivity index (χ4n) is 1.63. The smallest absolute Gasteiger partial charge is 0.134 e. The number of rotatable bonds is 8. The van der Waals surface area contributed by atoms with Crippen LogP contribution in [0.5, 0.6) is 0 Å². The maximum absolute atomic E-state index is 5.50. The van der Waals surface area contributed by atoms with Crippen LogP contribution < -0.4 is 10.6 Å². The first kappa shape index (κ1) is 14.7. The lowest BCUT2D eigenvalue weighted by atomic mass is 10.3. The van der Waals surface area contributed by atoms with Crippen molar-refractivity contribution in [3.05, 3.63) is 11.4 Å². The first-order valence-electron chi connectivity index (χ1n) is 6.53. The van der Waals surface area contributed by atoms with Crippen LogP contribution in [0.2, 0.25) is 0 Å². The van der Waals surface area contributed by atoms with Crippen molar-refractivity contribution in [3.63, 3.8) is 0 Å². The number of nitrogens with one attached hydrogen (secondary N) is 2. The Morgan fingerprint density at radius 1 is 1.11 bits per heavy atom. The van der Waals surface area contributed by atoms with Gasteiger partial charge in [0.1, 0.15) is 17.5 Å². The second-order valence-corrected chi connectivity index (χ2v) is 4.24. The fourth-order valence-corrected chi connectivity index (χ4v) is 1.63. The van der Waals surface area contributed by atoms with E-state index in [2.05, 4.69) is 27.5 Å². The Kier molecular flexibility index (Phi) is 6.43. The predicted molar refractivity (Wildman–Crippen MR) is 75.3 cm³/mol. The molecule has 1 rings (SSSR count). The van der Waals surface area contributed by atoms with Gasteiger partial charge in [-0.1, -0.05) is 13.3 Å². The number of ether oxygens (including phenoxy) is 1. The predicted octanol–water partition coefficient (Wildman–Crippen LogP) is 2.36. The summed E-state index contributed by atoms with van der Waals surface area (Å²) in [6.45, 7) is 8.37. The highest BCUT2D eigenvalue weighted by atomic mass is 16.5. The maximum Gasteiger partial charge on any atom is 0.134 e. The maximum atomic E-state index is 5.50. The van der Waals surface area contributed by atoms with Crippen LogP contribution in [0.1, 0.15) is 31.2 Å². The van der Waals surface area contributed by atoms with Crippen molar-refractivity contribution in [3.8, 4) is 0 Å². The fraction of sp³-hybridized carbons (Fsp3) is 0.692.